The molecule has 0 saturated carbocycles. The standard InChI is InChI=1S/C18H17FN4O4S/c1-12-10-16(14-11-13(19)6-7-15(14)22-12)20-8-9-21-28(26,27)18-5-3-2-4-17(18)23(24)25/h2-7,10-11,21H,8-9H2,1H3,(H,20,22). The maximum Gasteiger partial charge on any atom is 0.289 e. The lowest BCUT2D eigenvalue weighted by Gasteiger charge is -2.12. The molecule has 1 heterocycles. The number of rotatable bonds is 7. The number of nitrogens with one attached hydrogen (secondary N) is 2. The molecular formula is C18H17FN4O4S. The molecule has 0 spiro atoms. The van der Waals surface area contributed by atoms with Crippen molar-refractivity contribution in [1.29, 1.82) is 0 Å². The van der Waals surface area contributed by atoms with E-state index >= 15 is 0 Å². The smallest absolute Gasteiger partial charge is 0.289 e. The molecule has 0 aliphatic heterocycles. The minimum Gasteiger partial charge on any atom is -0.383 e. The molecule has 3 rings (SSSR count). The third-order valence-electron chi connectivity index (χ3n) is 3.98. The number of aromatic nitrogens is 1. The van der Waals surface area contributed by atoms with Crippen molar-refractivity contribution in [3.8, 4) is 0 Å². The molecule has 2 aromatic carbocycles. The zero-order valence-electron chi connectivity index (χ0n) is 14.8. The topological polar surface area (TPSA) is 114 Å². The molecule has 0 saturated heterocycles. The lowest BCUT2D eigenvalue weighted by molar-refractivity contribution is -0.387. The second-order valence-electron chi connectivity index (χ2n) is 6.02. The molecule has 0 radical (unpaired) electrons. The van der Waals surface area contributed by atoms with Crippen LogP contribution in [0.5, 0.6) is 0 Å². The number of para-hydroxylation sites is 1. The van der Waals surface area contributed by atoms with Gasteiger partial charge in [0.05, 0.1) is 10.4 Å². The molecule has 0 aliphatic carbocycles. The first-order chi connectivity index (χ1) is 13.3. The molecule has 146 valence electrons. The number of sulfonamides is 1. The SMILES string of the molecule is Cc1cc(NCCNS(=O)(=O)c2ccccc2[N+](=O)[O-])c2cc(F)ccc2n1. The average molecular weight is 404 g/mol. The summed E-state index contributed by atoms with van der Waals surface area (Å²) in [7, 11) is -4.05. The Balaban J connectivity index is 1.72. The van der Waals surface area contributed by atoms with Gasteiger partial charge in [0.2, 0.25) is 10.0 Å². The number of nitro benzene ring substituents is 1. The molecule has 3 aromatic rings. The van der Waals surface area contributed by atoms with Crippen LogP contribution in [0.1, 0.15) is 5.69 Å². The van der Waals surface area contributed by atoms with E-state index in [9.17, 15) is 22.9 Å². The maximum absolute atomic E-state index is 13.6. The lowest BCUT2D eigenvalue weighted by atomic mass is 10.1. The first-order valence-corrected chi connectivity index (χ1v) is 9.80. The number of fused-ring (bicyclic) bond motifs is 1. The normalized spacial score (nSPS) is 11.5. The molecule has 2 N–H and O–H groups in total. The highest BCUT2D eigenvalue weighted by atomic mass is 32.2. The van der Waals surface area contributed by atoms with E-state index in [2.05, 4.69) is 15.0 Å². The molecule has 10 heteroatoms. The summed E-state index contributed by atoms with van der Waals surface area (Å²) in [5, 5.41) is 14.7. The highest BCUT2D eigenvalue weighted by Crippen LogP contribution is 2.24. The summed E-state index contributed by atoms with van der Waals surface area (Å²) < 4.78 is 40.6. The van der Waals surface area contributed by atoms with E-state index in [-0.39, 0.29) is 13.1 Å². The fourth-order valence-electron chi connectivity index (χ4n) is 2.77. The third kappa shape index (κ3) is 4.24. The van der Waals surface area contributed by atoms with Crippen LogP contribution in [0.15, 0.2) is 53.4 Å². The number of anilines is 1. The van der Waals surface area contributed by atoms with E-state index in [1.807, 2.05) is 0 Å². The predicted octanol–water partition coefficient (Wildman–Crippen LogP) is 2.98. The van der Waals surface area contributed by atoms with Gasteiger partial charge in [-0.05, 0) is 37.3 Å². The van der Waals surface area contributed by atoms with E-state index in [1.54, 1.807) is 19.1 Å². The van der Waals surface area contributed by atoms with Crippen LogP contribution in [-0.2, 0) is 10.0 Å². The number of hydrogen-bond donors (Lipinski definition) is 2. The fourth-order valence-corrected chi connectivity index (χ4v) is 3.97. The monoisotopic (exact) mass is 404 g/mol. The Hall–Kier alpha value is -3.11. The van der Waals surface area contributed by atoms with Crippen molar-refractivity contribution < 1.29 is 17.7 Å². The van der Waals surface area contributed by atoms with Gasteiger partial charge in [0, 0.05) is 35.9 Å². The van der Waals surface area contributed by atoms with Crippen LogP contribution < -0.4 is 10.0 Å². The van der Waals surface area contributed by atoms with Gasteiger partial charge < -0.3 is 5.32 Å². The predicted molar refractivity (Wildman–Crippen MR) is 103 cm³/mol. The van der Waals surface area contributed by atoms with Crippen LogP contribution in [0.3, 0.4) is 0 Å². The van der Waals surface area contributed by atoms with E-state index in [0.717, 1.165) is 11.8 Å². The Labute approximate surface area is 160 Å². The van der Waals surface area contributed by atoms with Crippen LogP contribution in [0.2, 0.25) is 0 Å². The van der Waals surface area contributed by atoms with Crippen molar-refractivity contribution >= 4 is 32.3 Å². The number of nitrogens with zero attached hydrogens (tertiary/aromatic N) is 2. The summed E-state index contributed by atoms with van der Waals surface area (Å²) in [6.45, 7) is 1.96. The van der Waals surface area contributed by atoms with Gasteiger partial charge >= 0.3 is 0 Å². The molecule has 1 aromatic heterocycles. The summed E-state index contributed by atoms with van der Waals surface area (Å²) in [4.78, 5) is 14.2. The molecular weight excluding hydrogens is 387 g/mol. The first-order valence-electron chi connectivity index (χ1n) is 8.32. The van der Waals surface area contributed by atoms with E-state index in [0.29, 0.717) is 16.6 Å². The zero-order valence-corrected chi connectivity index (χ0v) is 15.7. The number of halogens is 1. The zero-order chi connectivity index (χ0) is 20.3. The van der Waals surface area contributed by atoms with Gasteiger partial charge in [-0.2, -0.15) is 0 Å². The summed E-state index contributed by atoms with van der Waals surface area (Å²) in [5.74, 6) is -0.404. The molecule has 0 unspecified atom stereocenters. The maximum atomic E-state index is 13.6. The molecule has 0 amide bonds. The average Bonchev–Trinajstić information content (AvgIpc) is 2.65. The number of benzene rings is 2. The Morgan fingerprint density at radius 1 is 1.14 bits per heavy atom. The second-order valence-corrected chi connectivity index (χ2v) is 7.76. The van der Waals surface area contributed by atoms with Crippen LogP contribution >= 0.6 is 0 Å². The molecule has 8 nitrogen and oxygen atoms in total. The minimum atomic E-state index is -4.05. The van der Waals surface area contributed by atoms with Crippen LogP contribution in [0.4, 0.5) is 15.8 Å². The summed E-state index contributed by atoms with van der Waals surface area (Å²) >= 11 is 0. The minimum absolute atomic E-state index is 0.0213. The van der Waals surface area contributed by atoms with E-state index < -0.39 is 31.3 Å². The highest BCUT2D eigenvalue weighted by molar-refractivity contribution is 7.89. The molecule has 0 atom stereocenters. The molecule has 0 aliphatic rings. The van der Waals surface area contributed by atoms with Crippen molar-refractivity contribution in [3.63, 3.8) is 0 Å². The van der Waals surface area contributed by atoms with Gasteiger partial charge in [0.15, 0.2) is 4.90 Å². The Morgan fingerprint density at radius 2 is 1.89 bits per heavy atom. The fraction of sp³-hybridized carbons (Fsp3) is 0.167. The number of pyridine rings is 1. The van der Waals surface area contributed by atoms with Gasteiger partial charge in [-0.15, -0.1) is 0 Å². The highest BCUT2D eigenvalue weighted by Gasteiger charge is 2.24. The summed E-state index contributed by atoms with van der Waals surface area (Å²) in [6, 6.07) is 11.1. The van der Waals surface area contributed by atoms with E-state index in [4.69, 9.17) is 0 Å². The molecule has 0 fully saturated rings. The van der Waals surface area contributed by atoms with Gasteiger partial charge in [-0.3, -0.25) is 15.1 Å². The summed E-state index contributed by atoms with van der Waals surface area (Å²) in [6.07, 6.45) is 0. The van der Waals surface area contributed by atoms with Gasteiger partial charge in [-0.25, -0.2) is 17.5 Å². The summed E-state index contributed by atoms with van der Waals surface area (Å²) in [5.41, 5.74) is 1.47. The van der Waals surface area contributed by atoms with Crippen molar-refractivity contribution in [2.24, 2.45) is 0 Å². The third-order valence-corrected chi connectivity index (χ3v) is 5.49. The molecule has 0 bridgehead atoms. The lowest BCUT2D eigenvalue weighted by Crippen LogP contribution is -2.29. The largest absolute Gasteiger partial charge is 0.383 e. The van der Waals surface area contributed by atoms with Crippen molar-refractivity contribution in [3.05, 3.63) is 70.2 Å². The van der Waals surface area contributed by atoms with Crippen molar-refractivity contribution in [2.75, 3.05) is 18.4 Å². The first kappa shape index (κ1) is 19.6. The van der Waals surface area contributed by atoms with Gasteiger partial charge in [0.25, 0.3) is 5.69 Å². The van der Waals surface area contributed by atoms with Crippen LogP contribution in [0.25, 0.3) is 10.9 Å². The van der Waals surface area contributed by atoms with Gasteiger partial charge in [0.1, 0.15) is 5.82 Å². The number of nitro groups is 1. The van der Waals surface area contributed by atoms with Crippen LogP contribution in [0, 0.1) is 22.9 Å². The van der Waals surface area contributed by atoms with Crippen molar-refractivity contribution in [1.82, 2.24) is 9.71 Å². The number of aryl methyl sites for hydroxylation is 1. The Kier molecular flexibility index (Phi) is 5.52. The quantitative estimate of drug-likeness (QED) is 0.355. The molecule has 28 heavy (non-hydrogen) atoms. The van der Waals surface area contributed by atoms with E-state index in [1.165, 1.54) is 30.3 Å². The van der Waals surface area contributed by atoms with Gasteiger partial charge in [-0.1, -0.05) is 12.1 Å². The van der Waals surface area contributed by atoms with Crippen molar-refractivity contribution in [2.45, 2.75) is 11.8 Å². The Morgan fingerprint density at radius 3 is 2.64 bits per heavy atom. The Bertz CT molecular complexity index is 1150. The van der Waals surface area contributed by atoms with Crippen LogP contribution in [-0.4, -0.2) is 31.4 Å². The second kappa shape index (κ2) is 7.87. The number of hydrogen-bond acceptors (Lipinski definition) is 6.